The van der Waals surface area contributed by atoms with E-state index in [0.29, 0.717) is 0 Å². The van der Waals surface area contributed by atoms with Crippen LogP contribution in [0.2, 0.25) is 0 Å². The van der Waals surface area contributed by atoms with E-state index in [4.69, 9.17) is 0 Å². The van der Waals surface area contributed by atoms with E-state index in [2.05, 4.69) is 78.1 Å². The number of rotatable bonds is 3. The predicted octanol–water partition coefficient (Wildman–Crippen LogP) is 4.27. The fourth-order valence-electron chi connectivity index (χ4n) is 0.984. The van der Waals surface area contributed by atoms with E-state index in [1.807, 2.05) is 0 Å². The minimum atomic E-state index is 1.09. The standard InChI is InChI=1S/C12H13I/c1-2-3-4-5-8-11-9-6-7-10-12(11)13/h3-10H,2H2,1H3/b4-3+,8-5-. The van der Waals surface area contributed by atoms with Crippen LogP contribution in [0.15, 0.2) is 42.5 Å². The molecule has 0 nitrogen and oxygen atoms in total. The van der Waals surface area contributed by atoms with Crippen molar-refractivity contribution in [3.8, 4) is 0 Å². The quantitative estimate of drug-likeness (QED) is 0.574. The minimum Gasteiger partial charge on any atom is -0.0848 e. The molecule has 0 saturated heterocycles. The Balaban J connectivity index is 2.68. The Hall–Kier alpha value is -0.570. The summed E-state index contributed by atoms with van der Waals surface area (Å²) >= 11 is 2.35. The molecule has 1 aromatic carbocycles. The van der Waals surface area contributed by atoms with Gasteiger partial charge in [0, 0.05) is 3.57 Å². The van der Waals surface area contributed by atoms with E-state index in [1.54, 1.807) is 0 Å². The van der Waals surface area contributed by atoms with Crippen LogP contribution in [-0.4, -0.2) is 0 Å². The fraction of sp³-hybridized carbons (Fsp3) is 0.167. The number of hydrogen-bond acceptors (Lipinski definition) is 0. The van der Waals surface area contributed by atoms with Crippen molar-refractivity contribution in [2.45, 2.75) is 13.3 Å². The van der Waals surface area contributed by atoms with Gasteiger partial charge < -0.3 is 0 Å². The van der Waals surface area contributed by atoms with Crippen molar-refractivity contribution >= 4 is 28.7 Å². The number of allylic oxidation sites excluding steroid dienone is 3. The summed E-state index contributed by atoms with van der Waals surface area (Å²) in [5, 5.41) is 0. The molecular formula is C12H13I. The van der Waals surface area contributed by atoms with Crippen LogP contribution >= 0.6 is 22.6 Å². The summed E-state index contributed by atoms with van der Waals surface area (Å²) in [6, 6.07) is 8.36. The second kappa shape index (κ2) is 5.97. The maximum atomic E-state index is 2.35. The van der Waals surface area contributed by atoms with Crippen LogP contribution in [0.25, 0.3) is 6.08 Å². The van der Waals surface area contributed by atoms with Crippen molar-refractivity contribution in [1.82, 2.24) is 0 Å². The van der Waals surface area contributed by atoms with Crippen LogP contribution in [0.4, 0.5) is 0 Å². The second-order valence-corrected chi connectivity index (χ2v) is 3.88. The van der Waals surface area contributed by atoms with Gasteiger partial charge in [0.15, 0.2) is 0 Å². The second-order valence-electron chi connectivity index (χ2n) is 2.72. The highest BCUT2D eigenvalue weighted by molar-refractivity contribution is 14.1. The summed E-state index contributed by atoms with van der Waals surface area (Å²) in [4.78, 5) is 0. The molecule has 0 atom stereocenters. The molecule has 0 radical (unpaired) electrons. The van der Waals surface area contributed by atoms with Crippen LogP contribution in [0.3, 0.4) is 0 Å². The summed E-state index contributed by atoms with van der Waals surface area (Å²) in [6.45, 7) is 2.14. The summed E-state index contributed by atoms with van der Waals surface area (Å²) in [5.41, 5.74) is 1.28. The molecule has 0 N–H and O–H groups in total. The zero-order valence-corrected chi connectivity index (χ0v) is 9.86. The predicted molar refractivity (Wildman–Crippen MR) is 67.6 cm³/mol. The van der Waals surface area contributed by atoms with E-state index < -0.39 is 0 Å². The first-order valence-corrected chi connectivity index (χ1v) is 5.50. The molecule has 0 aliphatic rings. The summed E-state index contributed by atoms with van der Waals surface area (Å²) < 4.78 is 1.29. The topological polar surface area (TPSA) is 0 Å². The summed E-state index contributed by atoms with van der Waals surface area (Å²) in [7, 11) is 0. The van der Waals surface area contributed by atoms with Gasteiger partial charge in [-0.1, -0.05) is 49.4 Å². The summed E-state index contributed by atoms with van der Waals surface area (Å²) in [5.74, 6) is 0. The molecule has 0 heterocycles. The molecular weight excluding hydrogens is 271 g/mol. The maximum Gasteiger partial charge on any atom is 0.0202 e. The van der Waals surface area contributed by atoms with Crippen molar-refractivity contribution < 1.29 is 0 Å². The number of benzene rings is 1. The van der Waals surface area contributed by atoms with Gasteiger partial charge in [-0.05, 0) is 40.6 Å². The average molecular weight is 284 g/mol. The van der Waals surface area contributed by atoms with E-state index in [-0.39, 0.29) is 0 Å². The van der Waals surface area contributed by atoms with Crippen molar-refractivity contribution in [2.75, 3.05) is 0 Å². The van der Waals surface area contributed by atoms with Gasteiger partial charge in [-0.3, -0.25) is 0 Å². The Labute approximate surface area is 93.5 Å². The van der Waals surface area contributed by atoms with Gasteiger partial charge in [0.05, 0.1) is 0 Å². The number of hydrogen-bond donors (Lipinski definition) is 0. The number of halogens is 1. The van der Waals surface area contributed by atoms with Gasteiger partial charge in [-0.2, -0.15) is 0 Å². The average Bonchev–Trinajstić information content (AvgIpc) is 2.15. The Bertz CT molecular complexity index is 311. The monoisotopic (exact) mass is 284 g/mol. The van der Waals surface area contributed by atoms with E-state index >= 15 is 0 Å². The van der Waals surface area contributed by atoms with E-state index in [0.717, 1.165) is 6.42 Å². The third-order valence-corrected chi connectivity index (χ3v) is 2.65. The maximum absolute atomic E-state index is 2.35. The van der Waals surface area contributed by atoms with Crippen LogP contribution in [0, 0.1) is 3.57 Å². The molecule has 1 heteroatoms. The van der Waals surface area contributed by atoms with Gasteiger partial charge in [-0.25, -0.2) is 0 Å². The molecule has 0 aromatic heterocycles. The Morgan fingerprint density at radius 2 is 2.00 bits per heavy atom. The smallest absolute Gasteiger partial charge is 0.0202 e. The zero-order chi connectivity index (χ0) is 9.52. The highest BCUT2D eigenvalue weighted by Gasteiger charge is 1.90. The highest BCUT2D eigenvalue weighted by atomic mass is 127. The van der Waals surface area contributed by atoms with Gasteiger partial charge in [-0.15, -0.1) is 0 Å². The molecule has 13 heavy (non-hydrogen) atoms. The largest absolute Gasteiger partial charge is 0.0848 e. The fourth-order valence-corrected chi connectivity index (χ4v) is 1.55. The molecule has 0 unspecified atom stereocenters. The zero-order valence-electron chi connectivity index (χ0n) is 7.70. The molecule has 0 amide bonds. The highest BCUT2D eigenvalue weighted by Crippen LogP contribution is 2.12. The normalized spacial score (nSPS) is 11.5. The van der Waals surface area contributed by atoms with Crippen LogP contribution in [-0.2, 0) is 0 Å². The lowest BCUT2D eigenvalue weighted by molar-refractivity contribution is 1.22. The lowest BCUT2D eigenvalue weighted by Gasteiger charge is -1.94. The first-order valence-electron chi connectivity index (χ1n) is 4.42. The Kier molecular flexibility index (Phi) is 4.83. The van der Waals surface area contributed by atoms with Gasteiger partial charge in [0.2, 0.25) is 0 Å². The first kappa shape index (κ1) is 10.5. The molecule has 0 saturated carbocycles. The van der Waals surface area contributed by atoms with Crippen molar-refractivity contribution in [1.29, 1.82) is 0 Å². The van der Waals surface area contributed by atoms with E-state index in [1.165, 1.54) is 9.13 Å². The van der Waals surface area contributed by atoms with Crippen molar-refractivity contribution in [3.05, 3.63) is 51.6 Å². The van der Waals surface area contributed by atoms with Crippen LogP contribution < -0.4 is 0 Å². The third kappa shape index (κ3) is 3.77. The van der Waals surface area contributed by atoms with Crippen LogP contribution in [0.5, 0.6) is 0 Å². The van der Waals surface area contributed by atoms with Crippen molar-refractivity contribution in [3.63, 3.8) is 0 Å². The lowest BCUT2D eigenvalue weighted by atomic mass is 10.2. The third-order valence-electron chi connectivity index (χ3n) is 1.66. The molecule has 0 spiro atoms. The molecule has 0 aliphatic heterocycles. The Morgan fingerprint density at radius 3 is 2.69 bits per heavy atom. The van der Waals surface area contributed by atoms with Gasteiger partial charge in [0.1, 0.15) is 0 Å². The minimum absolute atomic E-state index is 1.09. The van der Waals surface area contributed by atoms with Gasteiger partial charge in [0.25, 0.3) is 0 Å². The summed E-state index contributed by atoms with van der Waals surface area (Å²) in [6.07, 6.45) is 9.54. The SMILES string of the molecule is CC/C=C/C=C\c1ccccc1I. The molecule has 68 valence electrons. The molecule has 0 fully saturated rings. The molecule has 1 rings (SSSR count). The Morgan fingerprint density at radius 1 is 1.23 bits per heavy atom. The molecule has 0 bridgehead atoms. The lowest BCUT2D eigenvalue weighted by Crippen LogP contribution is -1.76. The van der Waals surface area contributed by atoms with E-state index in [9.17, 15) is 0 Å². The molecule has 1 aromatic rings. The van der Waals surface area contributed by atoms with Crippen molar-refractivity contribution in [2.24, 2.45) is 0 Å². The van der Waals surface area contributed by atoms with Crippen LogP contribution in [0.1, 0.15) is 18.9 Å². The first-order chi connectivity index (χ1) is 6.34. The van der Waals surface area contributed by atoms with Gasteiger partial charge >= 0.3 is 0 Å². The molecule has 0 aliphatic carbocycles.